The van der Waals surface area contributed by atoms with Crippen molar-refractivity contribution in [2.75, 3.05) is 19.6 Å². The second-order valence-corrected chi connectivity index (χ2v) is 7.23. The van der Waals surface area contributed by atoms with Gasteiger partial charge in [0.25, 0.3) is 0 Å². The molecule has 132 valence electrons. The summed E-state index contributed by atoms with van der Waals surface area (Å²) in [5.41, 5.74) is 2.07. The molecule has 25 heavy (non-hydrogen) atoms. The molecule has 4 rings (SSSR count). The normalized spacial score (nSPS) is 26.6. The fourth-order valence-corrected chi connectivity index (χ4v) is 4.43. The highest BCUT2D eigenvalue weighted by Gasteiger charge is 2.50. The van der Waals surface area contributed by atoms with E-state index in [2.05, 4.69) is 11.8 Å². The van der Waals surface area contributed by atoms with Crippen LogP contribution in [0.2, 0.25) is 0 Å². The van der Waals surface area contributed by atoms with E-state index in [1.165, 1.54) is 0 Å². The molecule has 2 aromatic rings. The number of rotatable bonds is 4. The number of nitrogens with zero attached hydrogens (tertiary/aromatic N) is 1. The van der Waals surface area contributed by atoms with Crippen LogP contribution in [0.25, 0.3) is 0 Å². The van der Waals surface area contributed by atoms with E-state index in [0.29, 0.717) is 12.3 Å². The van der Waals surface area contributed by atoms with E-state index in [9.17, 15) is 10.2 Å². The molecule has 4 nitrogen and oxygen atoms in total. The van der Waals surface area contributed by atoms with Crippen LogP contribution >= 0.6 is 0 Å². The molecule has 0 amide bonds. The monoisotopic (exact) mass is 339 g/mol. The first-order chi connectivity index (χ1) is 12.1. The van der Waals surface area contributed by atoms with Gasteiger partial charge < -0.3 is 14.9 Å². The van der Waals surface area contributed by atoms with Crippen LogP contribution in [0.1, 0.15) is 37.0 Å². The number of aliphatic hydroxyl groups excluding tert-OH is 1. The summed E-state index contributed by atoms with van der Waals surface area (Å²) in [4.78, 5) is 2.29. The van der Waals surface area contributed by atoms with E-state index in [0.717, 1.165) is 42.8 Å². The first-order valence-electron chi connectivity index (χ1n) is 9.08. The molecule has 0 radical (unpaired) electrons. The highest BCUT2D eigenvalue weighted by molar-refractivity contribution is 5.49. The van der Waals surface area contributed by atoms with Gasteiger partial charge in [-0.25, -0.2) is 0 Å². The van der Waals surface area contributed by atoms with Gasteiger partial charge in [0.1, 0.15) is 17.6 Å². The van der Waals surface area contributed by atoms with Crippen molar-refractivity contribution >= 4 is 0 Å². The van der Waals surface area contributed by atoms with Gasteiger partial charge in [-0.05, 0) is 43.1 Å². The Labute approximate surface area is 148 Å². The van der Waals surface area contributed by atoms with Gasteiger partial charge in [-0.1, -0.05) is 37.3 Å². The Bertz CT molecular complexity index is 748. The molecule has 2 heterocycles. The molecule has 0 aliphatic carbocycles. The molecular weight excluding hydrogens is 314 g/mol. The molecule has 0 aromatic heterocycles. The van der Waals surface area contributed by atoms with Crippen LogP contribution in [-0.2, 0) is 5.41 Å². The minimum Gasteiger partial charge on any atom is -0.508 e. The van der Waals surface area contributed by atoms with Crippen LogP contribution in [-0.4, -0.2) is 40.9 Å². The number of aliphatic hydroxyl groups is 1. The predicted octanol–water partition coefficient (Wildman–Crippen LogP) is 3.24. The maximum absolute atomic E-state index is 10.5. The number of hydrogen-bond acceptors (Lipinski definition) is 4. The first kappa shape index (κ1) is 16.4. The smallest absolute Gasteiger partial charge is 0.124 e. The van der Waals surface area contributed by atoms with Crippen LogP contribution in [0.5, 0.6) is 11.5 Å². The van der Waals surface area contributed by atoms with Gasteiger partial charge in [-0.2, -0.15) is 0 Å². The van der Waals surface area contributed by atoms with Gasteiger partial charge in [-0.15, -0.1) is 0 Å². The average Bonchev–Trinajstić information content (AvgIpc) is 2.96. The minimum atomic E-state index is -0.483. The topological polar surface area (TPSA) is 52.9 Å². The number of ether oxygens (including phenoxy) is 1. The fourth-order valence-electron chi connectivity index (χ4n) is 4.43. The summed E-state index contributed by atoms with van der Waals surface area (Å²) < 4.78 is 6.24. The zero-order valence-corrected chi connectivity index (χ0v) is 14.6. The molecule has 2 aliphatic heterocycles. The second-order valence-electron chi connectivity index (χ2n) is 7.23. The molecule has 2 aromatic carbocycles. The number of phenolic OH excluding ortho intramolecular Hbond substituents is 1. The first-order valence-corrected chi connectivity index (χ1v) is 9.08. The number of piperidine rings is 1. The number of hydrogen-bond donors (Lipinski definition) is 2. The fraction of sp³-hybridized carbons (Fsp3) is 0.429. The van der Waals surface area contributed by atoms with Gasteiger partial charge in [0.05, 0.1) is 6.10 Å². The second kappa shape index (κ2) is 6.36. The molecule has 2 N–H and O–H groups in total. The summed E-state index contributed by atoms with van der Waals surface area (Å²) in [5, 5.41) is 20.4. The molecule has 0 saturated carbocycles. The number of likely N-dealkylation sites (tertiary alicyclic amines) is 1. The SMILES string of the molecule is CC[C@]12CCN(C[C@H](O)c3ccccc3)C[C@H]1Oc1ccc(O)cc12. The van der Waals surface area contributed by atoms with Crippen molar-refractivity contribution < 1.29 is 14.9 Å². The molecule has 1 fully saturated rings. The average molecular weight is 339 g/mol. The van der Waals surface area contributed by atoms with Crippen LogP contribution in [0.3, 0.4) is 0 Å². The summed E-state index contributed by atoms with van der Waals surface area (Å²) in [6.45, 7) is 4.54. The Kier molecular flexibility index (Phi) is 4.18. The van der Waals surface area contributed by atoms with Crippen molar-refractivity contribution in [3.05, 3.63) is 59.7 Å². The minimum absolute atomic E-state index is 0.0255. The summed E-state index contributed by atoms with van der Waals surface area (Å²) in [6, 6.07) is 15.3. The quantitative estimate of drug-likeness (QED) is 0.898. The third-order valence-corrected chi connectivity index (χ3v) is 5.93. The Morgan fingerprint density at radius 1 is 1.24 bits per heavy atom. The lowest BCUT2D eigenvalue weighted by Gasteiger charge is -2.43. The molecule has 4 heteroatoms. The highest BCUT2D eigenvalue weighted by atomic mass is 16.5. The van der Waals surface area contributed by atoms with E-state index >= 15 is 0 Å². The van der Waals surface area contributed by atoms with Crippen molar-refractivity contribution in [3.63, 3.8) is 0 Å². The van der Waals surface area contributed by atoms with Crippen molar-refractivity contribution in [2.45, 2.75) is 37.4 Å². The van der Waals surface area contributed by atoms with Crippen molar-refractivity contribution in [1.82, 2.24) is 4.90 Å². The lowest BCUT2D eigenvalue weighted by molar-refractivity contribution is 0.0165. The zero-order chi connectivity index (χ0) is 17.4. The number of phenols is 1. The maximum Gasteiger partial charge on any atom is 0.124 e. The van der Waals surface area contributed by atoms with E-state index < -0.39 is 6.10 Å². The van der Waals surface area contributed by atoms with E-state index in [1.54, 1.807) is 6.07 Å². The van der Waals surface area contributed by atoms with Crippen molar-refractivity contribution in [2.24, 2.45) is 0 Å². The van der Waals surface area contributed by atoms with Gasteiger partial charge >= 0.3 is 0 Å². The highest BCUT2D eigenvalue weighted by Crippen LogP contribution is 2.50. The number of aromatic hydroxyl groups is 1. The van der Waals surface area contributed by atoms with Crippen LogP contribution in [0, 0.1) is 0 Å². The summed E-state index contributed by atoms with van der Waals surface area (Å²) >= 11 is 0. The number of β-amino-alcohol motifs (C(OH)–C–C–N with tert-alkyl or cyclic N) is 1. The summed E-state index contributed by atoms with van der Waals surface area (Å²) in [7, 11) is 0. The van der Waals surface area contributed by atoms with Crippen molar-refractivity contribution in [1.29, 1.82) is 0 Å². The Hall–Kier alpha value is -2.04. The van der Waals surface area contributed by atoms with Gasteiger partial charge in [0.15, 0.2) is 0 Å². The predicted molar refractivity (Wildman–Crippen MR) is 97.0 cm³/mol. The van der Waals surface area contributed by atoms with Gasteiger partial charge in [-0.3, -0.25) is 4.90 Å². The summed E-state index contributed by atoms with van der Waals surface area (Å²) in [5.74, 6) is 1.20. The molecule has 0 bridgehead atoms. The Morgan fingerprint density at radius 3 is 2.80 bits per heavy atom. The lowest BCUT2D eigenvalue weighted by Crippen LogP contribution is -2.53. The van der Waals surface area contributed by atoms with Crippen LogP contribution in [0.15, 0.2) is 48.5 Å². The third-order valence-electron chi connectivity index (χ3n) is 5.93. The molecule has 3 atom stereocenters. The molecular formula is C21H25NO3. The van der Waals surface area contributed by atoms with Gasteiger partial charge in [0.2, 0.25) is 0 Å². The zero-order valence-electron chi connectivity index (χ0n) is 14.6. The largest absolute Gasteiger partial charge is 0.508 e. The third kappa shape index (κ3) is 2.79. The van der Waals surface area contributed by atoms with Gasteiger partial charge in [0, 0.05) is 24.1 Å². The number of benzene rings is 2. The maximum atomic E-state index is 10.5. The van der Waals surface area contributed by atoms with E-state index in [4.69, 9.17) is 4.74 Å². The standard InChI is InChI=1S/C21H25NO3/c1-2-21-10-11-22(13-18(24)15-6-4-3-5-7-15)14-20(21)25-19-9-8-16(23)12-17(19)21/h3-9,12,18,20,23-24H,2,10-11,13-14H2,1H3/t18-,20+,21+/m0/s1. The molecule has 0 spiro atoms. The van der Waals surface area contributed by atoms with E-state index in [1.807, 2.05) is 42.5 Å². The van der Waals surface area contributed by atoms with E-state index in [-0.39, 0.29) is 11.5 Å². The molecule has 0 unspecified atom stereocenters. The van der Waals surface area contributed by atoms with Crippen LogP contribution in [0.4, 0.5) is 0 Å². The lowest BCUT2D eigenvalue weighted by atomic mass is 9.70. The molecule has 2 aliphatic rings. The summed E-state index contributed by atoms with van der Waals surface area (Å²) in [6.07, 6.45) is 1.56. The van der Waals surface area contributed by atoms with Crippen LogP contribution < -0.4 is 4.74 Å². The molecule has 1 saturated heterocycles. The van der Waals surface area contributed by atoms with Crippen molar-refractivity contribution in [3.8, 4) is 11.5 Å². The number of fused-ring (bicyclic) bond motifs is 3. The Balaban J connectivity index is 1.51. The Morgan fingerprint density at radius 2 is 2.04 bits per heavy atom.